The Kier molecular flexibility index (Phi) is 4.83. The maximum absolute atomic E-state index is 12.2. The van der Waals surface area contributed by atoms with E-state index in [1.807, 2.05) is 0 Å². The van der Waals surface area contributed by atoms with Gasteiger partial charge in [0.15, 0.2) is 0 Å². The zero-order valence-corrected chi connectivity index (χ0v) is 12.1. The van der Waals surface area contributed by atoms with Crippen molar-refractivity contribution >= 4 is 12.3 Å². The summed E-state index contributed by atoms with van der Waals surface area (Å²) >= 11 is 0. The number of carbonyl (C=O) groups is 2. The van der Waals surface area contributed by atoms with Crippen LogP contribution in [0.2, 0.25) is 0 Å². The van der Waals surface area contributed by atoms with E-state index >= 15 is 0 Å². The SMILES string of the molecule is CC(C)CC1C(=O)NC(C2CCCCC2)CN1C=O. The highest BCUT2D eigenvalue weighted by molar-refractivity contribution is 5.85. The average molecular weight is 266 g/mol. The molecule has 0 radical (unpaired) electrons. The molecule has 108 valence electrons. The van der Waals surface area contributed by atoms with Gasteiger partial charge < -0.3 is 10.2 Å². The number of hydrogen-bond acceptors (Lipinski definition) is 2. The first-order valence-corrected chi connectivity index (χ1v) is 7.63. The molecule has 0 aromatic heterocycles. The van der Waals surface area contributed by atoms with Crippen LogP contribution in [-0.4, -0.2) is 35.8 Å². The van der Waals surface area contributed by atoms with Gasteiger partial charge in [0.2, 0.25) is 12.3 Å². The molecule has 2 unspecified atom stereocenters. The lowest BCUT2D eigenvalue weighted by molar-refractivity contribution is -0.139. The van der Waals surface area contributed by atoms with Gasteiger partial charge in [-0.25, -0.2) is 0 Å². The number of rotatable bonds is 4. The Morgan fingerprint density at radius 3 is 2.58 bits per heavy atom. The molecular weight excluding hydrogens is 240 g/mol. The highest BCUT2D eigenvalue weighted by Crippen LogP contribution is 2.29. The van der Waals surface area contributed by atoms with Gasteiger partial charge in [-0.3, -0.25) is 9.59 Å². The number of piperazine rings is 1. The Hall–Kier alpha value is -1.06. The Morgan fingerprint density at radius 1 is 1.32 bits per heavy atom. The Bertz CT molecular complexity index is 324. The number of carbonyl (C=O) groups excluding carboxylic acids is 2. The predicted molar refractivity (Wildman–Crippen MR) is 74.5 cm³/mol. The zero-order valence-electron chi connectivity index (χ0n) is 12.1. The molecule has 0 bridgehead atoms. The fraction of sp³-hybridized carbons (Fsp3) is 0.867. The van der Waals surface area contributed by atoms with Gasteiger partial charge in [0.25, 0.3) is 0 Å². The minimum Gasteiger partial charge on any atom is -0.350 e. The van der Waals surface area contributed by atoms with E-state index in [0.717, 1.165) is 12.8 Å². The van der Waals surface area contributed by atoms with Gasteiger partial charge in [-0.2, -0.15) is 0 Å². The summed E-state index contributed by atoms with van der Waals surface area (Å²) in [6, 6.07) is -0.0984. The molecule has 1 saturated heterocycles. The van der Waals surface area contributed by atoms with Gasteiger partial charge in [0, 0.05) is 12.6 Å². The minimum atomic E-state index is -0.266. The first-order chi connectivity index (χ1) is 9.11. The predicted octanol–water partition coefficient (Wildman–Crippen LogP) is 1.94. The van der Waals surface area contributed by atoms with Crippen LogP contribution in [0.1, 0.15) is 52.4 Å². The number of nitrogens with one attached hydrogen (secondary N) is 1. The van der Waals surface area contributed by atoms with E-state index in [0.29, 0.717) is 18.4 Å². The molecule has 19 heavy (non-hydrogen) atoms. The van der Waals surface area contributed by atoms with Crippen LogP contribution in [-0.2, 0) is 9.59 Å². The molecular formula is C15H26N2O2. The molecule has 1 saturated carbocycles. The summed E-state index contributed by atoms with van der Waals surface area (Å²) in [4.78, 5) is 25.2. The number of hydrogen-bond donors (Lipinski definition) is 1. The van der Waals surface area contributed by atoms with E-state index in [1.54, 1.807) is 4.90 Å². The van der Waals surface area contributed by atoms with Crippen molar-refractivity contribution in [2.75, 3.05) is 6.54 Å². The van der Waals surface area contributed by atoms with Crippen molar-refractivity contribution in [3.05, 3.63) is 0 Å². The lowest BCUT2D eigenvalue weighted by atomic mass is 9.82. The Balaban J connectivity index is 2.00. The summed E-state index contributed by atoms with van der Waals surface area (Å²) in [7, 11) is 0. The number of nitrogens with zero attached hydrogens (tertiary/aromatic N) is 1. The molecule has 1 aliphatic heterocycles. The lowest BCUT2D eigenvalue weighted by Gasteiger charge is -2.42. The van der Waals surface area contributed by atoms with Crippen molar-refractivity contribution in [2.45, 2.75) is 64.5 Å². The van der Waals surface area contributed by atoms with Crippen molar-refractivity contribution < 1.29 is 9.59 Å². The molecule has 1 N–H and O–H groups in total. The van der Waals surface area contributed by atoms with E-state index in [4.69, 9.17) is 0 Å². The molecule has 0 aromatic rings. The van der Waals surface area contributed by atoms with Crippen molar-refractivity contribution in [2.24, 2.45) is 11.8 Å². The van der Waals surface area contributed by atoms with Crippen LogP contribution in [0.15, 0.2) is 0 Å². The van der Waals surface area contributed by atoms with Gasteiger partial charge in [-0.15, -0.1) is 0 Å². The Labute approximate surface area is 115 Å². The minimum absolute atomic E-state index is 0.0441. The molecule has 2 amide bonds. The molecule has 0 aromatic carbocycles. The summed E-state index contributed by atoms with van der Waals surface area (Å²) < 4.78 is 0. The average Bonchev–Trinajstić information content (AvgIpc) is 2.41. The first kappa shape index (κ1) is 14.4. The van der Waals surface area contributed by atoms with Crippen LogP contribution in [0.25, 0.3) is 0 Å². The van der Waals surface area contributed by atoms with Gasteiger partial charge in [-0.1, -0.05) is 33.1 Å². The largest absolute Gasteiger partial charge is 0.350 e. The van der Waals surface area contributed by atoms with Crippen LogP contribution in [0.3, 0.4) is 0 Å². The van der Waals surface area contributed by atoms with Crippen molar-refractivity contribution in [1.29, 1.82) is 0 Å². The molecule has 4 nitrogen and oxygen atoms in total. The highest BCUT2D eigenvalue weighted by Gasteiger charge is 2.37. The number of amides is 2. The standard InChI is InChI=1S/C15H26N2O2/c1-11(2)8-14-15(19)16-13(9-17(14)10-18)12-6-4-3-5-7-12/h10-14H,3-9H2,1-2H3,(H,16,19). The van der Waals surface area contributed by atoms with Gasteiger partial charge in [-0.05, 0) is 31.1 Å². The van der Waals surface area contributed by atoms with Crippen molar-refractivity contribution in [1.82, 2.24) is 10.2 Å². The van der Waals surface area contributed by atoms with Crippen molar-refractivity contribution in [3.8, 4) is 0 Å². The second-order valence-electron chi connectivity index (χ2n) is 6.46. The third-order valence-electron chi connectivity index (χ3n) is 4.49. The highest BCUT2D eigenvalue weighted by atomic mass is 16.2. The van der Waals surface area contributed by atoms with Gasteiger partial charge >= 0.3 is 0 Å². The van der Waals surface area contributed by atoms with Crippen LogP contribution < -0.4 is 5.32 Å². The quantitative estimate of drug-likeness (QED) is 0.791. The first-order valence-electron chi connectivity index (χ1n) is 7.63. The normalized spacial score (nSPS) is 29.4. The fourth-order valence-corrected chi connectivity index (χ4v) is 3.44. The third kappa shape index (κ3) is 3.48. The van der Waals surface area contributed by atoms with Crippen LogP contribution >= 0.6 is 0 Å². The zero-order chi connectivity index (χ0) is 13.8. The topological polar surface area (TPSA) is 49.4 Å². The summed E-state index contributed by atoms with van der Waals surface area (Å²) in [6.07, 6.45) is 7.81. The molecule has 2 fully saturated rings. The van der Waals surface area contributed by atoms with Crippen LogP contribution in [0.4, 0.5) is 0 Å². The smallest absolute Gasteiger partial charge is 0.243 e. The van der Waals surface area contributed by atoms with Crippen LogP contribution in [0.5, 0.6) is 0 Å². The van der Waals surface area contributed by atoms with E-state index in [2.05, 4.69) is 19.2 Å². The summed E-state index contributed by atoms with van der Waals surface area (Å²) in [5, 5.41) is 3.17. The van der Waals surface area contributed by atoms with Crippen molar-refractivity contribution in [3.63, 3.8) is 0 Å². The van der Waals surface area contributed by atoms with Gasteiger partial charge in [0.05, 0.1) is 0 Å². The summed E-state index contributed by atoms with van der Waals surface area (Å²) in [6.45, 7) is 4.87. The maximum atomic E-state index is 12.2. The lowest BCUT2D eigenvalue weighted by Crippen LogP contribution is -2.61. The van der Waals surface area contributed by atoms with E-state index in [1.165, 1.54) is 32.1 Å². The summed E-state index contributed by atoms with van der Waals surface area (Å²) in [5.74, 6) is 1.02. The second-order valence-corrected chi connectivity index (χ2v) is 6.46. The summed E-state index contributed by atoms with van der Waals surface area (Å²) in [5.41, 5.74) is 0. The molecule has 1 aliphatic carbocycles. The fourth-order valence-electron chi connectivity index (χ4n) is 3.44. The van der Waals surface area contributed by atoms with E-state index in [9.17, 15) is 9.59 Å². The molecule has 2 rings (SSSR count). The molecule has 2 aliphatic rings. The monoisotopic (exact) mass is 266 g/mol. The molecule has 4 heteroatoms. The van der Waals surface area contributed by atoms with E-state index < -0.39 is 0 Å². The Morgan fingerprint density at radius 2 is 2.00 bits per heavy atom. The molecule has 0 spiro atoms. The molecule has 1 heterocycles. The van der Waals surface area contributed by atoms with Crippen LogP contribution in [0, 0.1) is 11.8 Å². The van der Waals surface area contributed by atoms with E-state index in [-0.39, 0.29) is 18.0 Å². The van der Waals surface area contributed by atoms with Gasteiger partial charge in [0.1, 0.15) is 6.04 Å². The molecule has 2 atom stereocenters. The second kappa shape index (κ2) is 6.40. The maximum Gasteiger partial charge on any atom is 0.243 e. The third-order valence-corrected chi connectivity index (χ3v) is 4.49.